The molecule has 28 heavy (non-hydrogen) atoms. The number of carbonyl (C=O) groups excluding carboxylic acids is 1. The number of imidazole rings is 1. The zero-order chi connectivity index (χ0) is 19.7. The zero-order valence-electron chi connectivity index (χ0n) is 16.1. The van der Waals surface area contributed by atoms with Gasteiger partial charge >= 0.3 is 0 Å². The standard InChI is InChI=1S/C22H23N5O/c1-22(2,19-8-3-4-11-24-19)13-20(28)26-21-25-17-10-9-15(14-23)12-18(17)27(21)16-6-5-7-16/h3-4,8-12,16H,5-7,13H2,1-2H3,(H,25,26,28). The number of fused-ring (bicyclic) bond motifs is 1. The third kappa shape index (κ3) is 3.36. The highest BCUT2D eigenvalue weighted by Gasteiger charge is 2.29. The number of nitriles is 1. The highest BCUT2D eigenvalue weighted by molar-refractivity contribution is 5.92. The predicted molar refractivity (Wildman–Crippen MR) is 108 cm³/mol. The van der Waals surface area contributed by atoms with Crippen molar-refractivity contribution >= 4 is 22.9 Å². The van der Waals surface area contributed by atoms with Gasteiger partial charge in [-0.1, -0.05) is 19.9 Å². The summed E-state index contributed by atoms with van der Waals surface area (Å²) in [4.78, 5) is 21.9. The number of hydrogen-bond donors (Lipinski definition) is 1. The number of pyridine rings is 1. The fourth-order valence-electron chi connectivity index (χ4n) is 3.69. The van der Waals surface area contributed by atoms with Gasteiger partial charge < -0.3 is 4.57 Å². The van der Waals surface area contributed by atoms with Crippen molar-refractivity contribution in [1.29, 1.82) is 5.26 Å². The molecule has 0 unspecified atom stereocenters. The van der Waals surface area contributed by atoms with E-state index in [4.69, 9.17) is 0 Å². The summed E-state index contributed by atoms with van der Waals surface area (Å²) in [6, 6.07) is 13.7. The van der Waals surface area contributed by atoms with Gasteiger partial charge in [-0.2, -0.15) is 5.26 Å². The molecule has 0 bridgehead atoms. The number of nitrogens with zero attached hydrogens (tertiary/aromatic N) is 4. The molecule has 142 valence electrons. The van der Waals surface area contributed by atoms with Crippen LogP contribution in [0.2, 0.25) is 0 Å². The van der Waals surface area contributed by atoms with Gasteiger partial charge in [-0.25, -0.2) is 4.98 Å². The SMILES string of the molecule is CC(C)(CC(=O)Nc1nc2ccc(C#N)cc2n1C1CCC1)c1ccccn1. The maximum atomic E-state index is 12.8. The molecule has 1 saturated carbocycles. The average molecular weight is 373 g/mol. The largest absolute Gasteiger partial charge is 0.307 e. The molecule has 0 spiro atoms. The van der Waals surface area contributed by atoms with Crippen molar-refractivity contribution in [3.63, 3.8) is 0 Å². The smallest absolute Gasteiger partial charge is 0.227 e. The molecule has 0 saturated heterocycles. The number of carbonyl (C=O) groups is 1. The summed E-state index contributed by atoms with van der Waals surface area (Å²) in [5.41, 5.74) is 2.80. The summed E-state index contributed by atoms with van der Waals surface area (Å²) >= 11 is 0. The Morgan fingerprint density at radius 3 is 2.79 bits per heavy atom. The van der Waals surface area contributed by atoms with Crippen LogP contribution in [0.3, 0.4) is 0 Å². The van der Waals surface area contributed by atoms with E-state index in [0.29, 0.717) is 24.0 Å². The molecule has 0 aliphatic heterocycles. The van der Waals surface area contributed by atoms with E-state index in [-0.39, 0.29) is 11.3 Å². The predicted octanol–water partition coefficient (Wildman–Crippen LogP) is 4.33. The second kappa shape index (κ2) is 7.08. The molecular weight excluding hydrogens is 350 g/mol. The van der Waals surface area contributed by atoms with Crippen molar-refractivity contribution in [2.75, 3.05) is 5.32 Å². The van der Waals surface area contributed by atoms with Gasteiger partial charge in [-0.05, 0) is 49.6 Å². The van der Waals surface area contributed by atoms with Crippen LogP contribution in [-0.4, -0.2) is 20.4 Å². The Balaban J connectivity index is 1.62. The van der Waals surface area contributed by atoms with Gasteiger partial charge in [0.05, 0.1) is 22.7 Å². The lowest BCUT2D eigenvalue weighted by molar-refractivity contribution is -0.117. The molecule has 1 aliphatic carbocycles. The van der Waals surface area contributed by atoms with Crippen LogP contribution in [0.1, 0.15) is 56.8 Å². The molecule has 1 N–H and O–H groups in total. The minimum absolute atomic E-state index is 0.0907. The van der Waals surface area contributed by atoms with Crippen molar-refractivity contribution in [1.82, 2.24) is 14.5 Å². The Morgan fingerprint density at radius 1 is 1.32 bits per heavy atom. The molecule has 6 nitrogen and oxygen atoms in total. The van der Waals surface area contributed by atoms with Gasteiger partial charge in [0.2, 0.25) is 11.9 Å². The number of aromatic nitrogens is 3. The van der Waals surface area contributed by atoms with Crippen LogP contribution in [0, 0.1) is 11.3 Å². The molecule has 1 aromatic carbocycles. The third-order valence-corrected chi connectivity index (χ3v) is 5.47. The number of amides is 1. The summed E-state index contributed by atoms with van der Waals surface area (Å²) in [6.07, 6.45) is 5.34. The second-order valence-corrected chi connectivity index (χ2v) is 8.03. The fraction of sp³-hybridized carbons (Fsp3) is 0.364. The minimum Gasteiger partial charge on any atom is -0.307 e. The lowest BCUT2D eigenvalue weighted by atomic mass is 9.85. The molecule has 3 aromatic rings. The maximum absolute atomic E-state index is 12.8. The number of rotatable bonds is 5. The molecule has 4 rings (SSSR count). The Hall–Kier alpha value is -3.20. The van der Waals surface area contributed by atoms with Crippen LogP contribution in [0.15, 0.2) is 42.6 Å². The number of anilines is 1. The first-order valence-corrected chi connectivity index (χ1v) is 9.61. The van der Waals surface area contributed by atoms with E-state index in [0.717, 1.165) is 29.6 Å². The number of nitrogens with one attached hydrogen (secondary N) is 1. The van der Waals surface area contributed by atoms with Crippen molar-refractivity contribution < 1.29 is 4.79 Å². The molecule has 2 aromatic heterocycles. The van der Waals surface area contributed by atoms with E-state index in [1.165, 1.54) is 6.42 Å². The number of benzene rings is 1. The Labute approximate surface area is 164 Å². The first-order chi connectivity index (χ1) is 13.5. The lowest BCUT2D eigenvalue weighted by Gasteiger charge is -2.29. The van der Waals surface area contributed by atoms with Crippen LogP contribution in [0.25, 0.3) is 11.0 Å². The van der Waals surface area contributed by atoms with Gasteiger partial charge in [0.1, 0.15) is 0 Å². The van der Waals surface area contributed by atoms with E-state index in [1.807, 2.05) is 44.2 Å². The number of hydrogen-bond acceptors (Lipinski definition) is 4. The fourth-order valence-corrected chi connectivity index (χ4v) is 3.69. The molecule has 1 amide bonds. The normalized spacial score (nSPS) is 14.5. The highest BCUT2D eigenvalue weighted by atomic mass is 16.1. The van der Waals surface area contributed by atoms with Gasteiger partial charge in [-0.15, -0.1) is 0 Å². The van der Waals surface area contributed by atoms with E-state index in [1.54, 1.807) is 12.3 Å². The Morgan fingerprint density at radius 2 is 2.14 bits per heavy atom. The Bertz CT molecular complexity index is 1060. The summed E-state index contributed by atoms with van der Waals surface area (Å²) < 4.78 is 2.09. The van der Waals surface area contributed by atoms with Crippen LogP contribution < -0.4 is 5.32 Å². The Kier molecular flexibility index (Phi) is 4.60. The van der Waals surface area contributed by atoms with E-state index < -0.39 is 0 Å². The topological polar surface area (TPSA) is 83.6 Å². The molecule has 1 fully saturated rings. The van der Waals surface area contributed by atoms with Crippen LogP contribution >= 0.6 is 0 Å². The first kappa shape index (κ1) is 18.2. The molecule has 0 atom stereocenters. The van der Waals surface area contributed by atoms with E-state index >= 15 is 0 Å². The van der Waals surface area contributed by atoms with E-state index in [2.05, 4.69) is 25.9 Å². The quantitative estimate of drug-likeness (QED) is 0.721. The molecule has 0 radical (unpaired) electrons. The van der Waals surface area contributed by atoms with Crippen molar-refractivity contribution in [3.8, 4) is 6.07 Å². The highest BCUT2D eigenvalue weighted by Crippen LogP contribution is 2.37. The van der Waals surface area contributed by atoms with Crippen LogP contribution in [0.5, 0.6) is 0 Å². The monoisotopic (exact) mass is 373 g/mol. The lowest BCUT2D eigenvalue weighted by Crippen LogP contribution is -2.28. The van der Waals surface area contributed by atoms with Crippen LogP contribution in [-0.2, 0) is 10.2 Å². The zero-order valence-corrected chi connectivity index (χ0v) is 16.1. The van der Waals surface area contributed by atoms with Crippen molar-refractivity contribution in [2.24, 2.45) is 0 Å². The summed E-state index contributed by atoms with van der Waals surface area (Å²) in [7, 11) is 0. The molecule has 6 heteroatoms. The van der Waals surface area contributed by atoms with Gasteiger partial charge in [0, 0.05) is 29.8 Å². The van der Waals surface area contributed by atoms with Gasteiger partial charge in [0.25, 0.3) is 0 Å². The third-order valence-electron chi connectivity index (χ3n) is 5.47. The summed E-state index contributed by atoms with van der Waals surface area (Å²) in [5, 5.41) is 12.2. The molecule has 1 aliphatic rings. The van der Waals surface area contributed by atoms with E-state index in [9.17, 15) is 10.1 Å². The average Bonchev–Trinajstić information content (AvgIpc) is 2.97. The van der Waals surface area contributed by atoms with Crippen LogP contribution in [0.4, 0.5) is 5.95 Å². The summed E-state index contributed by atoms with van der Waals surface area (Å²) in [6.45, 7) is 4.03. The minimum atomic E-state index is -0.382. The summed E-state index contributed by atoms with van der Waals surface area (Å²) in [5.74, 6) is 0.476. The molecule has 2 heterocycles. The van der Waals surface area contributed by atoms with Gasteiger partial charge in [-0.3, -0.25) is 15.1 Å². The molecular formula is C22H23N5O. The van der Waals surface area contributed by atoms with Crippen molar-refractivity contribution in [3.05, 3.63) is 53.9 Å². The maximum Gasteiger partial charge on any atom is 0.227 e. The first-order valence-electron chi connectivity index (χ1n) is 9.61. The van der Waals surface area contributed by atoms with Crippen molar-refractivity contribution in [2.45, 2.75) is 51.0 Å². The van der Waals surface area contributed by atoms with Gasteiger partial charge in [0.15, 0.2) is 0 Å². The second-order valence-electron chi connectivity index (χ2n) is 8.03.